The first-order valence-electron chi connectivity index (χ1n) is 12.0. The molecule has 2 aromatic carbocycles. The molecular formula is C29H37Cl2N3O3. The topological polar surface area (TPSA) is 94.3 Å². The van der Waals surface area contributed by atoms with E-state index in [-0.39, 0.29) is 43.1 Å². The molecule has 3 N–H and O–H groups in total. The van der Waals surface area contributed by atoms with E-state index >= 15 is 0 Å². The van der Waals surface area contributed by atoms with Gasteiger partial charge in [-0.2, -0.15) is 0 Å². The van der Waals surface area contributed by atoms with E-state index in [0.29, 0.717) is 24.6 Å². The van der Waals surface area contributed by atoms with Crippen molar-refractivity contribution < 1.29 is 14.3 Å². The van der Waals surface area contributed by atoms with Crippen molar-refractivity contribution in [2.24, 2.45) is 11.7 Å². The Kier molecular flexibility index (Phi) is 12.8. The van der Waals surface area contributed by atoms with Crippen LogP contribution < -0.4 is 11.1 Å². The number of hydrogen-bond donors (Lipinski definition) is 2. The second kappa shape index (κ2) is 14.7. The number of esters is 1. The van der Waals surface area contributed by atoms with Crippen molar-refractivity contribution in [2.45, 2.75) is 53.6 Å². The van der Waals surface area contributed by atoms with Crippen LogP contribution in [0.25, 0.3) is 11.1 Å². The summed E-state index contributed by atoms with van der Waals surface area (Å²) < 4.78 is 4.73. The zero-order valence-corrected chi connectivity index (χ0v) is 23.7. The van der Waals surface area contributed by atoms with Crippen LogP contribution in [0, 0.1) is 19.8 Å². The summed E-state index contributed by atoms with van der Waals surface area (Å²) in [4.78, 5) is 29.5. The SMILES string of the molecule is COC(=O)c1ccc(CNC(=O)Cc2c(C)nc(CC(C)C)c(CN)c2-c2ccc(C)cc2)cc1.Cl.Cl. The molecule has 0 spiro atoms. The van der Waals surface area contributed by atoms with Crippen molar-refractivity contribution in [3.05, 3.63) is 87.7 Å². The fourth-order valence-corrected chi connectivity index (χ4v) is 4.21. The Morgan fingerprint density at radius 2 is 1.59 bits per heavy atom. The lowest BCUT2D eigenvalue weighted by molar-refractivity contribution is -0.120. The van der Waals surface area contributed by atoms with Crippen LogP contribution in [0.2, 0.25) is 0 Å². The third-order valence-corrected chi connectivity index (χ3v) is 6.04. The molecule has 3 aromatic rings. The molecule has 6 nitrogen and oxygen atoms in total. The number of methoxy groups -OCH3 is 1. The Hall–Kier alpha value is -2.93. The van der Waals surface area contributed by atoms with Crippen molar-refractivity contribution >= 4 is 36.7 Å². The molecule has 0 bridgehead atoms. The third-order valence-electron chi connectivity index (χ3n) is 6.04. The van der Waals surface area contributed by atoms with Gasteiger partial charge < -0.3 is 15.8 Å². The monoisotopic (exact) mass is 545 g/mol. The summed E-state index contributed by atoms with van der Waals surface area (Å²) in [6.45, 7) is 9.09. The molecule has 0 aliphatic carbocycles. The number of benzene rings is 2. The smallest absolute Gasteiger partial charge is 0.337 e. The van der Waals surface area contributed by atoms with Crippen LogP contribution in [-0.4, -0.2) is 24.0 Å². The van der Waals surface area contributed by atoms with Gasteiger partial charge in [-0.25, -0.2) is 4.79 Å². The molecule has 1 aromatic heterocycles. The molecule has 1 amide bonds. The highest BCUT2D eigenvalue weighted by molar-refractivity contribution is 5.89. The molecule has 0 unspecified atom stereocenters. The number of aromatic nitrogens is 1. The zero-order chi connectivity index (χ0) is 25.5. The van der Waals surface area contributed by atoms with Crippen molar-refractivity contribution in [2.75, 3.05) is 7.11 Å². The normalized spacial score (nSPS) is 10.4. The predicted molar refractivity (Wildman–Crippen MR) is 153 cm³/mol. The van der Waals surface area contributed by atoms with E-state index in [2.05, 4.69) is 50.4 Å². The molecular weight excluding hydrogens is 509 g/mol. The van der Waals surface area contributed by atoms with E-state index in [4.69, 9.17) is 15.5 Å². The van der Waals surface area contributed by atoms with Gasteiger partial charge in [0.1, 0.15) is 0 Å². The largest absolute Gasteiger partial charge is 0.465 e. The molecule has 0 radical (unpaired) electrons. The summed E-state index contributed by atoms with van der Waals surface area (Å²) in [5.74, 6) is -0.0403. The predicted octanol–water partition coefficient (Wildman–Crippen LogP) is 5.51. The lowest BCUT2D eigenvalue weighted by Crippen LogP contribution is -2.26. The molecule has 8 heteroatoms. The highest BCUT2D eigenvalue weighted by atomic mass is 35.5. The zero-order valence-electron chi connectivity index (χ0n) is 22.1. The highest BCUT2D eigenvalue weighted by Gasteiger charge is 2.21. The van der Waals surface area contributed by atoms with E-state index in [1.807, 2.05) is 19.1 Å². The standard InChI is InChI=1S/C29H35N3O3.2ClH/c1-18(2)14-26-25(16-30)28(22-10-6-19(3)7-11-22)24(20(4)32-26)15-27(33)31-17-21-8-12-23(13-9-21)29(34)35-5;;/h6-13,18H,14-17,30H2,1-5H3,(H,31,33);2*1H. The Labute approximate surface area is 232 Å². The summed E-state index contributed by atoms with van der Waals surface area (Å²) in [5, 5.41) is 3.00. The summed E-state index contributed by atoms with van der Waals surface area (Å²) >= 11 is 0. The van der Waals surface area contributed by atoms with Gasteiger partial charge in [-0.1, -0.05) is 55.8 Å². The van der Waals surface area contributed by atoms with Crippen LogP contribution in [-0.2, 0) is 35.5 Å². The average Bonchev–Trinajstić information content (AvgIpc) is 2.84. The van der Waals surface area contributed by atoms with Gasteiger partial charge in [0.25, 0.3) is 0 Å². The number of nitrogens with one attached hydrogen (secondary N) is 1. The number of halogens is 2. The first-order chi connectivity index (χ1) is 16.7. The van der Waals surface area contributed by atoms with E-state index in [0.717, 1.165) is 45.6 Å². The number of nitrogens with zero attached hydrogens (tertiary/aromatic N) is 1. The van der Waals surface area contributed by atoms with E-state index < -0.39 is 0 Å². The molecule has 3 rings (SSSR count). The molecule has 37 heavy (non-hydrogen) atoms. The average molecular weight is 547 g/mol. The molecule has 1 heterocycles. The van der Waals surface area contributed by atoms with Crippen LogP contribution in [0.3, 0.4) is 0 Å². The second-order valence-electron chi connectivity index (χ2n) is 9.29. The summed E-state index contributed by atoms with van der Waals surface area (Å²) in [5.41, 5.74) is 14.6. The van der Waals surface area contributed by atoms with Gasteiger partial charge in [0.2, 0.25) is 5.91 Å². The summed E-state index contributed by atoms with van der Waals surface area (Å²) in [7, 11) is 1.35. The third kappa shape index (κ3) is 8.29. The maximum absolute atomic E-state index is 13.0. The van der Waals surface area contributed by atoms with E-state index in [1.54, 1.807) is 12.1 Å². The van der Waals surface area contributed by atoms with Crippen molar-refractivity contribution in [3.8, 4) is 11.1 Å². The number of pyridine rings is 1. The van der Waals surface area contributed by atoms with Gasteiger partial charge >= 0.3 is 5.97 Å². The summed E-state index contributed by atoms with van der Waals surface area (Å²) in [6, 6.07) is 15.3. The van der Waals surface area contributed by atoms with E-state index in [9.17, 15) is 9.59 Å². The fraction of sp³-hybridized carbons (Fsp3) is 0.345. The van der Waals surface area contributed by atoms with Crippen molar-refractivity contribution in [3.63, 3.8) is 0 Å². The number of nitrogens with two attached hydrogens (primary N) is 1. The van der Waals surface area contributed by atoms with Crippen LogP contribution in [0.5, 0.6) is 0 Å². The number of amides is 1. The minimum atomic E-state index is -0.385. The minimum absolute atomic E-state index is 0. The van der Waals surface area contributed by atoms with Gasteiger partial charge in [-0.05, 0) is 66.1 Å². The Morgan fingerprint density at radius 3 is 2.14 bits per heavy atom. The number of hydrogen-bond acceptors (Lipinski definition) is 5. The van der Waals surface area contributed by atoms with Gasteiger partial charge in [0.05, 0.1) is 19.1 Å². The molecule has 0 saturated carbocycles. The summed E-state index contributed by atoms with van der Waals surface area (Å²) in [6.07, 6.45) is 1.04. The van der Waals surface area contributed by atoms with Gasteiger partial charge in [-0.15, -0.1) is 24.8 Å². The number of ether oxygens (including phenoxy) is 1. The Balaban J connectivity index is 0.00000342. The second-order valence-corrected chi connectivity index (χ2v) is 9.29. The number of carbonyl (C=O) groups excluding carboxylic acids is 2. The minimum Gasteiger partial charge on any atom is -0.465 e. The van der Waals surface area contributed by atoms with Crippen molar-refractivity contribution in [1.29, 1.82) is 0 Å². The lowest BCUT2D eigenvalue weighted by atomic mass is 9.88. The molecule has 0 atom stereocenters. The van der Waals surface area contributed by atoms with Gasteiger partial charge in [0, 0.05) is 24.5 Å². The van der Waals surface area contributed by atoms with Crippen LogP contribution >= 0.6 is 24.8 Å². The first kappa shape index (κ1) is 32.1. The molecule has 0 aliphatic rings. The van der Waals surface area contributed by atoms with Gasteiger partial charge in [-0.3, -0.25) is 9.78 Å². The lowest BCUT2D eigenvalue weighted by Gasteiger charge is -2.21. The maximum atomic E-state index is 13.0. The quantitative estimate of drug-likeness (QED) is 0.345. The van der Waals surface area contributed by atoms with Crippen LogP contribution in [0.15, 0.2) is 48.5 Å². The maximum Gasteiger partial charge on any atom is 0.337 e. The molecule has 0 saturated heterocycles. The van der Waals surface area contributed by atoms with E-state index in [1.165, 1.54) is 12.7 Å². The number of aryl methyl sites for hydroxylation is 2. The number of carbonyl (C=O) groups is 2. The number of rotatable bonds is 9. The van der Waals surface area contributed by atoms with Crippen molar-refractivity contribution in [1.82, 2.24) is 10.3 Å². The fourth-order valence-electron chi connectivity index (χ4n) is 4.21. The molecule has 0 fully saturated rings. The molecule has 200 valence electrons. The van der Waals surface area contributed by atoms with Gasteiger partial charge in [0.15, 0.2) is 0 Å². The Morgan fingerprint density at radius 1 is 0.973 bits per heavy atom. The van der Waals surface area contributed by atoms with Crippen LogP contribution in [0.1, 0.15) is 57.8 Å². The first-order valence-corrected chi connectivity index (χ1v) is 12.0. The van der Waals surface area contributed by atoms with Crippen LogP contribution in [0.4, 0.5) is 0 Å². The highest BCUT2D eigenvalue weighted by Crippen LogP contribution is 2.33. The molecule has 0 aliphatic heterocycles. The Bertz CT molecular complexity index is 1190.